The molecule has 1 atom stereocenters. The number of rotatable bonds is 3. The van der Waals surface area contributed by atoms with Gasteiger partial charge in [0.05, 0.1) is 7.11 Å². The van der Waals surface area contributed by atoms with Crippen LogP contribution < -0.4 is 10.1 Å². The van der Waals surface area contributed by atoms with Gasteiger partial charge in [0.2, 0.25) is 0 Å². The standard InChI is InChI=1S/C11H16FNO/c1-7-5-11(14-4)9(6-10(7)12)8(2)13-3/h5-6,8,13H,1-4H3. The summed E-state index contributed by atoms with van der Waals surface area (Å²) in [6.07, 6.45) is 0. The van der Waals surface area contributed by atoms with Crippen molar-refractivity contribution in [3.05, 3.63) is 29.1 Å². The number of halogens is 1. The van der Waals surface area contributed by atoms with Crippen LogP contribution in [0.3, 0.4) is 0 Å². The fourth-order valence-electron chi connectivity index (χ4n) is 1.34. The summed E-state index contributed by atoms with van der Waals surface area (Å²) in [6, 6.07) is 3.33. The molecular weight excluding hydrogens is 181 g/mol. The first kappa shape index (κ1) is 11.0. The van der Waals surface area contributed by atoms with Crippen molar-refractivity contribution >= 4 is 0 Å². The lowest BCUT2D eigenvalue weighted by Crippen LogP contribution is -2.13. The fourth-order valence-corrected chi connectivity index (χ4v) is 1.34. The average Bonchev–Trinajstić information content (AvgIpc) is 2.20. The van der Waals surface area contributed by atoms with Gasteiger partial charge in [-0.25, -0.2) is 4.39 Å². The van der Waals surface area contributed by atoms with E-state index in [1.165, 1.54) is 6.07 Å². The third-order valence-electron chi connectivity index (χ3n) is 2.41. The first-order valence-corrected chi connectivity index (χ1v) is 4.61. The Morgan fingerprint density at radius 1 is 1.43 bits per heavy atom. The van der Waals surface area contributed by atoms with Gasteiger partial charge in [-0.3, -0.25) is 0 Å². The van der Waals surface area contributed by atoms with Crippen LogP contribution in [0.1, 0.15) is 24.1 Å². The van der Waals surface area contributed by atoms with E-state index < -0.39 is 0 Å². The molecule has 1 rings (SSSR count). The van der Waals surface area contributed by atoms with Crippen molar-refractivity contribution in [3.8, 4) is 5.75 Å². The molecule has 0 aliphatic heterocycles. The zero-order valence-corrected chi connectivity index (χ0v) is 9.02. The molecule has 0 heterocycles. The minimum Gasteiger partial charge on any atom is -0.496 e. The van der Waals surface area contributed by atoms with Crippen molar-refractivity contribution < 1.29 is 9.13 Å². The van der Waals surface area contributed by atoms with Crippen molar-refractivity contribution in [1.29, 1.82) is 0 Å². The van der Waals surface area contributed by atoms with Gasteiger partial charge >= 0.3 is 0 Å². The highest BCUT2D eigenvalue weighted by Gasteiger charge is 2.12. The van der Waals surface area contributed by atoms with Crippen LogP contribution in [0.25, 0.3) is 0 Å². The first-order valence-electron chi connectivity index (χ1n) is 4.61. The van der Waals surface area contributed by atoms with Crippen LogP contribution in [-0.2, 0) is 0 Å². The zero-order chi connectivity index (χ0) is 10.7. The van der Waals surface area contributed by atoms with Crippen LogP contribution in [0, 0.1) is 12.7 Å². The minimum absolute atomic E-state index is 0.0834. The van der Waals surface area contributed by atoms with Gasteiger partial charge in [0.25, 0.3) is 0 Å². The SMILES string of the molecule is CNC(C)c1cc(F)c(C)cc1OC. The van der Waals surface area contributed by atoms with Crippen molar-refractivity contribution in [2.75, 3.05) is 14.2 Å². The predicted octanol–water partition coefficient (Wildman–Crippen LogP) is 2.42. The summed E-state index contributed by atoms with van der Waals surface area (Å²) >= 11 is 0. The molecule has 0 amide bonds. The van der Waals surface area contributed by atoms with E-state index in [2.05, 4.69) is 5.32 Å². The fraction of sp³-hybridized carbons (Fsp3) is 0.455. The summed E-state index contributed by atoms with van der Waals surface area (Å²) in [6.45, 7) is 3.69. The molecule has 0 saturated carbocycles. The van der Waals surface area contributed by atoms with Crippen LogP contribution in [0.5, 0.6) is 5.75 Å². The molecule has 0 spiro atoms. The normalized spacial score (nSPS) is 12.6. The summed E-state index contributed by atoms with van der Waals surface area (Å²) in [5.41, 5.74) is 1.45. The molecule has 2 nitrogen and oxygen atoms in total. The Labute approximate surface area is 84.1 Å². The lowest BCUT2D eigenvalue weighted by Gasteiger charge is -2.15. The first-order chi connectivity index (χ1) is 6.60. The van der Waals surface area contributed by atoms with Gasteiger partial charge in [-0.2, -0.15) is 0 Å². The van der Waals surface area contributed by atoms with E-state index in [4.69, 9.17) is 4.74 Å². The van der Waals surface area contributed by atoms with E-state index in [-0.39, 0.29) is 11.9 Å². The molecule has 0 fully saturated rings. The lowest BCUT2D eigenvalue weighted by molar-refractivity contribution is 0.401. The molecule has 1 aromatic rings. The quantitative estimate of drug-likeness (QED) is 0.803. The summed E-state index contributed by atoms with van der Waals surface area (Å²) in [4.78, 5) is 0. The third-order valence-corrected chi connectivity index (χ3v) is 2.41. The van der Waals surface area contributed by atoms with Gasteiger partial charge in [0.15, 0.2) is 0 Å². The van der Waals surface area contributed by atoms with E-state index in [0.717, 1.165) is 11.3 Å². The molecule has 0 aromatic heterocycles. The summed E-state index contributed by atoms with van der Waals surface area (Å²) in [5, 5.41) is 3.06. The van der Waals surface area contributed by atoms with E-state index in [1.807, 2.05) is 14.0 Å². The number of ether oxygens (including phenoxy) is 1. The molecule has 0 aliphatic carbocycles. The second kappa shape index (κ2) is 4.42. The van der Waals surface area contributed by atoms with Crippen LogP contribution in [0.4, 0.5) is 4.39 Å². The molecule has 0 radical (unpaired) electrons. The molecule has 78 valence electrons. The predicted molar refractivity (Wildman–Crippen MR) is 55.2 cm³/mol. The van der Waals surface area contributed by atoms with E-state index in [1.54, 1.807) is 20.1 Å². The molecule has 3 heteroatoms. The molecule has 0 bridgehead atoms. The smallest absolute Gasteiger partial charge is 0.126 e. The van der Waals surface area contributed by atoms with Gasteiger partial charge in [-0.15, -0.1) is 0 Å². The number of aryl methyl sites for hydroxylation is 1. The molecule has 1 N–H and O–H groups in total. The summed E-state index contributed by atoms with van der Waals surface area (Å²) < 4.78 is 18.5. The maximum Gasteiger partial charge on any atom is 0.126 e. The van der Waals surface area contributed by atoms with Crippen LogP contribution >= 0.6 is 0 Å². The highest BCUT2D eigenvalue weighted by Crippen LogP contribution is 2.27. The van der Waals surface area contributed by atoms with Crippen molar-refractivity contribution in [2.24, 2.45) is 0 Å². The van der Waals surface area contributed by atoms with E-state index in [9.17, 15) is 4.39 Å². The molecule has 1 unspecified atom stereocenters. The topological polar surface area (TPSA) is 21.3 Å². The maximum absolute atomic E-state index is 13.3. The Kier molecular flexibility index (Phi) is 3.47. The van der Waals surface area contributed by atoms with Gasteiger partial charge in [-0.05, 0) is 38.6 Å². The Bertz CT molecular complexity index is 325. The number of hydrogen-bond donors (Lipinski definition) is 1. The molecular formula is C11H16FNO. The molecule has 14 heavy (non-hydrogen) atoms. The average molecular weight is 197 g/mol. The van der Waals surface area contributed by atoms with E-state index >= 15 is 0 Å². The Hall–Kier alpha value is -1.09. The van der Waals surface area contributed by atoms with Crippen molar-refractivity contribution in [1.82, 2.24) is 5.32 Å². The summed E-state index contributed by atoms with van der Waals surface area (Å²) in [5.74, 6) is 0.536. The van der Waals surface area contributed by atoms with Gasteiger partial charge in [0, 0.05) is 11.6 Å². The van der Waals surface area contributed by atoms with Crippen molar-refractivity contribution in [2.45, 2.75) is 19.9 Å². The minimum atomic E-state index is -0.192. The number of hydrogen-bond acceptors (Lipinski definition) is 2. The zero-order valence-electron chi connectivity index (χ0n) is 9.02. The molecule has 0 saturated heterocycles. The van der Waals surface area contributed by atoms with Gasteiger partial charge in [-0.1, -0.05) is 0 Å². The molecule has 1 aromatic carbocycles. The van der Waals surface area contributed by atoms with E-state index in [0.29, 0.717) is 5.56 Å². The Balaban J connectivity index is 3.19. The monoisotopic (exact) mass is 197 g/mol. The second-order valence-corrected chi connectivity index (χ2v) is 3.35. The van der Waals surface area contributed by atoms with Crippen LogP contribution in [-0.4, -0.2) is 14.2 Å². The highest BCUT2D eigenvalue weighted by atomic mass is 19.1. The van der Waals surface area contributed by atoms with Crippen LogP contribution in [0.15, 0.2) is 12.1 Å². The second-order valence-electron chi connectivity index (χ2n) is 3.35. The largest absolute Gasteiger partial charge is 0.496 e. The third kappa shape index (κ3) is 2.04. The summed E-state index contributed by atoms with van der Waals surface area (Å²) in [7, 11) is 3.43. The Morgan fingerprint density at radius 2 is 2.07 bits per heavy atom. The maximum atomic E-state index is 13.3. The molecule has 0 aliphatic rings. The van der Waals surface area contributed by atoms with Gasteiger partial charge < -0.3 is 10.1 Å². The lowest BCUT2D eigenvalue weighted by atomic mass is 10.0. The number of methoxy groups -OCH3 is 1. The number of benzene rings is 1. The highest BCUT2D eigenvalue weighted by molar-refractivity contribution is 5.39. The van der Waals surface area contributed by atoms with Crippen molar-refractivity contribution in [3.63, 3.8) is 0 Å². The van der Waals surface area contributed by atoms with Gasteiger partial charge in [0.1, 0.15) is 11.6 Å². The Morgan fingerprint density at radius 3 is 2.57 bits per heavy atom. The number of nitrogens with one attached hydrogen (secondary N) is 1. The van der Waals surface area contributed by atoms with Crippen LogP contribution in [0.2, 0.25) is 0 Å².